The van der Waals surface area contributed by atoms with Crippen LogP contribution in [0.4, 0.5) is 0 Å². The molecule has 0 aliphatic heterocycles. The van der Waals surface area contributed by atoms with Gasteiger partial charge in [-0.2, -0.15) is 0 Å². The van der Waals surface area contributed by atoms with Gasteiger partial charge in [0.25, 0.3) is 0 Å². The maximum absolute atomic E-state index is 5.25. The van der Waals surface area contributed by atoms with Crippen LogP contribution in [0.15, 0.2) is 188 Å². The molecule has 0 spiro atoms. The summed E-state index contributed by atoms with van der Waals surface area (Å²) in [6.45, 7) is 2.26. The van der Waals surface area contributed by atoms with Gasteiger partial charge >= 0.3 is 0 Å². The minimum Gasteiger partial charge on any atom is -0.309 e. The second kappa shape index (κ2) is 15.2. The summed E-state index contributed by atoms with van der Waals surface area (Å²) in [7, 11) is 0. The Labute approximate surface area is 353 Å². The first-order chi connectivity index (χ1) is 29.7. The van der Waals surface area contributed by atoms with Gasteiger partial charge in [-0.3, -0.25) is 0 Å². The molecule has 8 aromatic carbocycles. The fraction of sp³-hybridized carbons (Fsp3) is 0.0727. The molecule has 60 heavy (non-hydrogen) atoms. The number of hydrogen-bond donors (Lipinski definition) is 0. The Hall–Kier alpha value is -7.21. The number of aromatic nitrogens is 4. The molecule has 0 fully saturated rings. The zero-order valence-electron chi connectivity index (χ0n) is 33.2. The molecule has 11 rings (SSSR count). The van der Waals surface area contributed by atoms with Crippen LogP contribution in [0.2, 0.25) is 0 Å². The standard InChI is InChI=1S/C55H40N4S/c1-2-3-16-36-29-31-44-45-26-15-25-42(52(45)60-51(44)33-36)40-30-32-50-47(35-40)43-23-10-12-27-48(43)59(50)49-28-13-11-24-46(49)55-57-53(38-19-8-5-9-20-38)56-54(58-55)41-22-14-21-39(34-41)37-17-6-4-7-18-37/h4-15,17-35H,2-3,16H2,1H3. The monoisotopic (exact) mass is 788 g/mol. The Kier molecular flexibility index (Phi) is 9.09. The van der Waals surface area contributed by atoms with Crippen LogP contribution in [0.5, 0.6) is 0 Å². The van der Waals surface area contributed by atoms with E-state index in [0.29, 0.717) is 17.5 Å². The van der Waals surface area contributed by atoms with Crippen molar-refractivity contribution in [2.24, 2.45) is 0 Å². The average Bonchev–Trinajstić information content (AvgIpc) is 3.86. The summed E-state index contributed by atoms with van der Waals surface area (Å²) < 4.78 is 5.08. The van der Waals surface area contributed by atoms with Crippen LogP contribution in [-0.2, 0) is 6.42 Å². The predicted molar refractivity (Wildman–Crippen MR) is 253 cm³/mol. The predicted octanol–water partition coefficient (Wildman–Crippen LogP) is 15.0. The molecule has 4 nitrogen and oxygen atoms in total. The number of unbranched alkanes of at least 4 members (excludes halogenated alkanes) is 1. The van der Waals surface area contributed by atoms with Crippen LogP contribution in [-0.4, -0.2) is 19.5 Å². The third kappa shape index (κ3) is 6.35. The number of thiophene rings is 1. The summed E-state index contributed by atoms with van der Waals surface area (Å²) in [5.41, 5.74) is 12.2. The van der Waals surface area contributed by atoms with Crippen LogP contribution >= 0.6 is 11.3 Å². The SMILES string of the molecule is CCCCc1ccc2c(c1)sc1c(-c3ccc4c(c3)c3ccccc3n4-c3ccccc3-c3nc(-c4ccccc4)nc(-c4cccc(-c5ccccc5)c4)n3)cccc12. The van der Waals surface area contributed by atoms with E-state index in [-0.39, 0.29) is 0 Å². The molecule has 0 amide bonds. The van der Waals surface area contributed by atoms with E-state index in [1.54, 1.807) is 0 Å². The highest BCUT2D eigenvalue weighted by molar-refractivity contribution is 7.26. The van der Waals surface area contributed by atoms with Gasteiger partial charge in [0.05, 0.1) is 16.7 Å². The fourth-order valence-corrected chi connectivity index (χ4v) is 9.98. The maximum Gasteiger partial charge on any atom is 0.166 e. The van der Waals surface area contributed by atoms with E-state index >= 15 is 0 Å². The molecule has 5 heteroatoms. The molecule has 3 heterocycles. The van der Waals surface area contributed by atoms with E-state index in [2.05, 4.69) is 175 Å². The third-order valence-electron chi connectivity index (χ3n) is 11.6. The van der Waals surface area contributed by atoms with Gasteiger partial charge in [0.2, 0.25) is 0 Å². The van der Waals surface area contributed by atoms with Gasteiger partial charge in [0.15, 0.2) is 17.5 Å². The van der Waals surface area contributed by atoms with Crippen LogP contribution in [0.3, 0.4) is 0 Å². The lowest BCUT2D eigenvalue weighted by Gasteiger charge is -2.15. The smallest absolute Gasteiger partial charge is 0.166 e. The number of hydrogen-bond acceptors (Lipinski definition) is 4. The number of fused-ring (bicyclic) bond motifs is 6. The number of para-hydroxylation sites is 2. The van der Waals surface area contributed by atoms with E-state index in [4.69, 9.17) is 15.0 Å². The molecule has 11 aromatic rings. The second-order valence-electron chi connectivity index (χ2n) is 15.4. The van der Waals surface area contributed by atoms with Crippen LogP contribution in [0.1, 0.15) is 25.3 Å². The van der Waals surface area contributed by atoms with E-state index in [1.807, 2.05) is 35.6 Å². The Balaban J connectivity index is 1.07. The maximum atomic E-state index is 5.25. The van der Waals surface area contributed by atoms with Crippen molar-refractivity contribution in [3.63, 3.8) is 0 Å². The Bertz CT molecular complexity index is 3360. The minimum absolute atomic E-state index is 0.622. The van der Waals surface area contributed by atoms with Crippen LogP contribution in [0, 0.1) is 0 Å². The molecule has 0 aliphatic rings. The van der Waals surface area contributed by atoms with Crippen molar-refractivity contribution in [1.82, 2.24) is 19.5 Å². The normalized spacial score (nSPS) is 11.6. The summed E-state index contributed by atoms with van der Waals surface area (Å²) in [6, 6.07) is 67.1. The summed E-state index contributed by atoms with van der Waals surface area (Å²) >= 11 is 1.92. The van der Waals surface area contributed by atoms with Crippen molar-refractivity contribution >= 4 is 53.3 Å². The van der Waals surface area contributed by atoms with E-state index in [1.165, 1.54) is 60.5 Å². The number of rotatable bonds is 9. The van der Waals surface area contributed by atoms with Gasteiger partial charge in [-0.1, -0.05) is 159 Å². The molecule has 0 saturated heterocycles. The van der Waals surface area contributed by atoms with Gasteiger partial charge in [-0.15, -0.1) is 11.3 Å². The Morgan fingerprint density at radius 1 is 0.433 bits per heavy atom. The van der Waals surface area contributed by atoms with Crippen molar-refractivity contribution in [3.8, 4) is 62.1 Å². The molecule has 0 atom stereocenters. The largest absolute Gasteiger partial charge is 0.309 e. The lowest BCUT2D eigenvalue weighted by molar-refractivity contribution is 0.796. The Morgan fingerprint density at radius 2 is 1.08 bits per heavy atom. The number of benzene rings is 8. The summed E-state index contributed by atoms with van der Waals surface area (Å²) in [4.78, 5) is 15.5. The number of nitrogens with zero attached hydrogens (tertiary/aromatic N) is 4. The van der Waals surface area contributed by atoms with Gasteiger partial charge in [-0.05, 0) is 83.1 Å². The summed E-state index contributed by atoms with van der Waals surface area (Å²) in [5.74, 6) is 1.89. The molecule has 3 aromatic heterocycles. The quantitative estimate of drug-likeness (QED) is 0.146. The van der Waals surface area contributed by atoms with E-state index < -0.39 is 0 Å². The molecule has 0 radical (unpaired) electrons. The van der Waals surface area contributed by atoms with E-state index in [9.17, 15) is 0 Å². The molecule has 0 aliphatic carbocycles. The lowest BCUT2D eigenvalue weighted by Crippen LogP contribution is -2.03. The van der Waals surface area contributed by atoms with Crippen molar-refractivity contribution in [3.05, 3.63) is 194 Å². The first kappa shape index (κ1) is 35.9. The van der Waals surface area contributed by atoms with Gasteiger partial charge in [0, 0.05) is 47.6 Å². The molecular formula is C55H40N4S. The molecular weight excluding hydrogens is 749 g/mol. The highest BCUT2D eigenvalue weighted by Crippen LogP contribution is 2.43. The summed E-state index contributed by atoms with van der Waals surface area (Å²) in [5, 5.41) is 5.07. The molecule has 0 bridgehead atoms. The third-order valence-corrected chi connectivity index (χ3v) is 12.8. The number of aryl methyl sites for hydroxylation is 1. The lowest BCUT2D eigenvalue weighted by atomic mass is 10.00. The van der Waals surface area contributed by atoms with Gasteiger partial charge in [-0.25, -0.2) is 15.0 Å². The molecule has 286 valence electrons. The van der Waals surface area contributed by atoms with Crippen molar-refractivity contribution in [2.45, 2.75) is 26.2 Å². The van der Waals surface area contributed by atoms with Crippen LogP contribution in [0.25, 0.3) is 104 Å². The van der Waals surface area contributed by atoms with Crippen molar-refractivity contribution < 1.29 is 0 Å². The first-order valence-corrected chi connectivity index (χ1v) is 21.6. The van der Waals surface area contributed by atoms with Crippen molar-refractivity contribution in [1.29, 1.82) is 0 Å². The topological polar surface area (TPSA) is 43.6 Å². The molecule has 0 saturated carbocycles. The fourth-order valence-electron chi connectivity index (χ4n) is 8.67. The highest BCUT2D eigenvalue weighted by Gasteiger charge is 2.20. The van der Waals surface area contributed by atoms with Gasteiger partial charge < -0.3 is 4.57 Å². The van der Waals surface area contributed by atoms with Gasteiger partial charge in [0.1, 0.15) is 0 Å². The van der Waals surface area contributed by atoms with Crippen LogP contribution < -0.4 is 0 Å². The zero-order chi connectivity index (χ0) is 40.0. The summed E-state index contributed by atoms with van der Waals surface area (Å²) in [6.07, 6.45) is 3.55. The molecule has 0 N–H and O–H groups in total. The molecule has 0 unspecified atom stereocenters. The highest BCUT2D eigenvalue weighted by atomic mass is 32.1. The zero-order valence-corrected chi connectivity index (χ0v) is 34.0. The average molecular weight is 789 g/mol. The second-order valence-corrected chi connectivity index (χ2v) is 16.5. The minimum atomic E-state index is 0.622. The first-order valence-electron chi connectivity index (χ1n) is 20.7. The van der Waals surface area contributed by atoms with E-state index in [0.717, 1.165) is 51.0 Å². The van der Waals surface area contributed by atoms with Crippen molar-refractivity contribution in [2.75, 3.05) is 0 Å². The Morgan fingerprint density at radius 3 is 1.93 bits per heavy atom.